The molecule has 0 saturated carbocycles. The van der Waals surface area contributed by atoms with Gasteiger partial charge in [-0.25, -0.2) is 9.59 Å². The fourth-order valence-corrected chi connectivity index (χ4v) is 3.61. The van der Waals surface area contributed by atoms with Crippen molar-refractivity contribution < 1.29 is 32.6 Å². The zero-order valence-corrected chi connectivity index (χ0v) is 15.4. The SMILES string of the molecule is O=C1OC(c2ccccc2)C(c2ccccc2)N(C(=O)O)C1CCCC(F)(F)F. The molecule has 1 N–H and O–H groups in total. The van der Waals surface area contributed by atoms with Crippen molar-refractivity contribution in [3.8, 4) is 0 Å². The molecule has 2 aromatic rings. The van der Waals surface area contributed by atoms with Crippen LogP contribution in [0.4, 0.5) is 18.0 Å². The first-order valence-corrected chi connectivity index (χ1v) is 9.16. The second kappa shape index (κ2) is 8.55. The number of cyclic esters (lactones) is 1. The summed E-state index contributed by atoms with van der Waals surface area (Å²) in [6.07, 6.45) is -8.39. The number of halogens is 3. The van der Waals surface area contributed by atoms with Gasteiger partial charge in [-0.2, -0.15) is 13.2 Å². The summed E-state index contributed by atoms with van der Waals surface area (Å²) in [6.45, 7) is 0. The molecular weight excluding hydrogens is 387 g/mol. The Morgan fingerprint density at radius 3 is 2.07 bits per heavy atom. The van der Waals surface area contributed by atoms with Crippen molar-refractivity contribution in [2.24, 2.45) is 0 Å². The molecule has 1 saturated heterocycles. The van der Waals surface area contributed by atoms with Gasteiger partial charge in [0.15, 0.2) is 6.10 Å². The van der Waals surface area contributed by atoms with Crippen LogP contribution in [0.2, 0.25) is 0 Å². The molecule has 3 rings (SSSR count). The highest BCUT2D eigenvalue weighted by Gasteiger charge is 2.47. The molecule has 0 aromatic heterocycles. The maximum Gasteiger partial charge on any atom is 0.408 e. The van der Waals surface area contributed by atoms with Gasteiger partial charge in [-0.3, -0.25) is 4.90 Å². The van der Waals surface area contributed by atoms with E-state index in [1.807, 2.05) is 0 Å². The lowest BCUT2D eigenvalue weighted by molar-refractivity contribution is -0.174. The number of alkyl halides is 3. The molecule has 0 aliphatic carbocycles. The molecule has 3 atom stereocenters. The van der Waals surface area contributed by atoms with Gasteiger partial charge >= 0.3 is 18.2 Å². The van der Waals surface area contributed by atoms with E-state index in [2.05, 4.69) is 0 Å². The number of rotatable bonds is 5. The number of carbonyl (C=O) groups excluding carboxylic acids is 1. The predicted molar refractivity (Wildman–Crippen MR) is 98.0 cm³/mol. The Morgan fingerprint density at radius 1 is 1.00 bits per heavy atom. The summed E-state index contributed by atoms with van der Waals surface area (Å²) in [5.41, 5.74) is 1.20. The fourth-order valence-electron chi connectivity index (χ4n) is 3.61. The summed E-state index contributed by atoms with van der Waals surface area (Å²) < 4.78 is 43.2. The van der Waals surface area contributed by atoms with E-state index >= 15 is 0 Å². The van der Waals surface area contributed by atoms with Gasteiger partial charge in [0.05, 0.1) is 0 Å². The van der Waals surface area contributed by atoms with Crippen molar-refractivity contribution in [1.82, 2.24) is 4.90 Å². The van der Waals surface area contributed by atoms with Gasteiger partial charge in [-0.15, -0.1) is 0 Å². The van der Waals surface area contributed by atoms with E-state index in [4.69, 9.17) is 4.74 Å². The van der Waals surface area contributed by atoms with Crippen LogP contribution in [-0.4, -0.2) is 34.3 Å². The van der Waals surface area contributed by atoms with Gasteiger partial charge in [0.2, 0.25) is 0 Å². The number of benzene rings is 2. The summed E-state index contributed by atoms with van der Waals surface area (Å²) in [7, 11) is 0. The van der Waals surface area contributed by atoms with Crippen molar-refractivity contribution in [2.75, 3.05) is 0 Å². The Hall–Kier alpha value is -3.03. The van der Waals surface area contributed by atoms with Crippen LogP contribution in [0.15, 0.2) is 60.7 Å². The summed E-state index contributed by atoms with van der Waals surface area (Å²) in [4.78, 5) is 25.7. The highest BCUT2D eigenvalue weighted by atomic mass is 19.4. The predicted octanol–water partition coefficient (Wildman–Crippen LogP) is 5.11. The summed E-state index contributed by atoms with van der Waals surface area (Å²) in [6, 6.07) is 15.2. The van der Waals surface area contributed by atoms with Crippen molar-refractivity contribution in [3.05, 3.63) is 71.8 Å². The molecule has 1 amide bonds. The van der Waals surface area contributed by atoms with Crippen molar-refractivity contribution in [1.29, 1.82) is 0 Å². The molecule has 0 bridgehead atoms. The smallest absolute Gasteiger partial charge is 0.408 e. The summed E-state index contributed by atoms with van der Waals surface area (Å²) in [5.74, 6) is -0.837. The zero-order valence-electron chi connectivity index (χ0n) is 15.4. The molecule has 1 aliphatic rings. The highest BCUT2D eigenvalue weighted by molar-refractivity contribution is 5.83. The lowest BCUT2D eigenvalue weighted by Crippen LogP contribution is -2.53. The lowest BCUT2D eigenvalue weighted by atomic mass is 9.90. The van der Waals surface area contributed by atoms with Crippen LogP contribution in [0.5, 0.6) is 0 Å². The largest absolute Gasteiger partial charge is 0.465 e. The number of carbonyl (C=O) groups is 2. The van der Waals surface area contributed by atoms with Crippen LogP contribution in [0.3, 0.4) is 0 Å². The first-order valence-electron chi connectivity index (χ1n) is 9.16. The van der Waals surface area contributed by atoms with Crippen LogP contribution >= 0.6 is 0 Å². The topological polar surface area (TPSA) is 66.8 Å². The molecule has 5 nitrogen and oxygen atoms in total. The molecule has 1 heterocycles. The van der Waals surface area contributed by atoms with Gasteiger partial charge in [0.1, 0.15) is 12.1 Å². The van der Waals surface area contributed by atoms with Gasteiger partial charge in [-0.05, 0) is 24.0 Å². The van der Waals surface area contributed by atoms with E-state index in [-0.39, 0.29) is 12.8 Å². The van der Waals surface area contributed by atoms with Crippen LogP contribution in [0.25, 0.3) is 0 Å². The van der Waals surface area contributed by atoms with Gasteiger partial charge in [0, 0.05) is 6.42 Å². The maximum atomic E-state index is 12.6. The molecule has 8 heteroatoms. The monoisotopic (exact) mass is 407 g/mol. The number of carboxylic acid groups (broad SMARTS) is 1. The van der Waals surface area contributed by atoms with E-state index in [9.17, 15) is 27.9 Å². The number of esters is 1. The van der Waals surface area contributed by atoms with E-state index < -0.39 is 42.8 Å². The first-order chi connectivity index (χ1) is 13.8. The molecule has 29 heavy (non-hydrogen) atoms. The molecular formula is C21H20F3NO4. The average Bonchev–Trinajstić information content (AvgIpc) is 2.69. The van der Waals surface area contributed by atoms with Gasteiger partial charge < -0.3 is 9.84 Å². The molecule has 1 aliphatic heterocycles. The van der Waals surface area contributed by atoms with Crippen molar-refractivity contribution >= 4 is 12.1 Å². The van der Waals surface area contributed by atoms with E-state index in [1.54, 1.807) is 60.7 Å². The van der Waals surface area contributed by atoms with Gasteiger partial charge in [-0.1, -0.05) is 60.7 Å². The molecule has 1 fully saturated rings. The Bertz CT molecular complexity index is 842. The number of nitrogens with zero attached hydrogens (tertiary/aromatic N) is 1. The van der Waals surface area contributed by atoms with E-state index in [0.29, 0.717) is 11.1 Å². The molecule has 2 aromatic carbocycles. The fraction of sp³-hybridized carbons (Fsp3) is 0.333. The van der Waals surface area contributed by atoms with Crippen LogP contribution in [-0.2, 0) is 9.53 Å². The summed E-state index contributed by atoms with van der Waals surface area (Å²) >= 11 is 0. The quantitative estimate of drug-likeness (QED) is 0.700. The molecule has 3 unspecified atom stereocenters. The minimum atomic E-state index is -4.38. The molecule has 0 radical (unpaired) electrons. The first kappa shape index (κ1) is 20.7. The average molecular weight is 407 g/mol. The Labute approximate surface area is 165 Å². The van der Waals surface area contributed by atoms with E-state index in [0.717, 1.165) is 4.90 Å². The van der Waals surface area contributed by atoms with Crippen LogP contribution in [0.1, 0.15) is 42.5 Å². The molecule has 0 spiro atoms. The Morgan fingerprint density at radius 2 is 1.55 bits per heavy atom. The second-order valence-corrected chi connectivity index (χ2v) is 6.84. The van der Waals surface area contributed by atoms with Crippen LogP contribution in [0, 0.1) is 0 Å². The van der Waals surface area contributed by atoms with Crippen molar-refractivity contribution in [2.45, 2.75) is 43.6 Å². The molecule has 154 valence electrons. The lowest BCUT2D eigenvalue weighted by Gasteiger charge is -2.44. The zero-order chi connectivity index (χ0) is 21.0. The Balaban J connectivity index is 1.98. The highest BCUT2D eigenvalue weighted by Crippen LogP contribution is 2.43. The third kappa shape index (κ3) is 4.88. The maximum absolute atomic E-state index is 12.6. The Kier molecular flexibility index (Phi) is 6.10. The summed E-state index contributed by atoms with van der Waals surface area (Å²) in [5, 5.41) is 9.88. The normalized spacial score (nSPS) is 22.2. The minimum Gasteiger partial charge on any atom is -0.465 e. The standard InChI is InChI=1S/C21H20F3NO4/c22-21(23,24)13-7-12-16-19(26)29-18(15-10-5-2-6-11-15)17(25(16)20(27)28)14-8-3-1-4-9-14/h1-6,8-11,16-18H,7,12-13H2,(H,27,28). The third-order valence-electron chi connectivity index (χ3n) is 4.87. The number of hydrogen-bond acceptors (Lipinski definition) is 3. The minimum absolute atomic E-state index is 0.268. The van der Waals surface area contributed by atoms with Crippen LogP contribution < -0.4 is 0 Å². The second-order valence-electron chi connectivity index (χ2n) is 6.84. The number of amides is 1. The third-order valence-corrected chi connectivity index (χ3v) is 4.87. The number of hydrogen-bond donors (Lipinski definition) is 1. The van der Waals surface area contributed by atoms with Gasteiger partial charge in [0.25, 0.3) is 0 Å². The van der Waals surface area contributed by atoms with Crippen molar-refractivity contribution in [3.63, 3.8) is 0 Å². The number of morpholine rings is 1. The van der Waals surface area contributed by atoms with E-state index in [1.165, 1.54) is 0 Å². The number of ether oxygens (including phenoxy) is 1.